The van der Waals surface area contributed by atoms with Crippen LogP contribution in [-0.4, -0.2) is 15.7 Å². The Bertz CT molecular complexity index is 1250. The van der Waals surface area contributed by atoms with E-state index in [9.17, 15) is 9.18 Å². The van der Waals surface area contributed by atoms with Gasteiger partial charge in [-0.1, -0.05) is 48.0 Å². The van der Waals surface area contributed by atoms with Gasteiger partial charge < -0.3 is 10.1 Å². The van der Waals surface area contributed by atoms with Crippen LogP contribution in [0.25, 0.3) is 0 Å². The third kappa shape index (κ3) is 5.21. The molecule has 1 heterocycles. The fourth-order valence-corrected chi connectivity index (χ4v) is 3.44. The predicted molar refractivity (Wildman–Crippen MR) is 122 cm³/mol. The van der Waals surface area contributed by atoms with Gasteiger partial charge in [-0.25, -0.2) is 4.39 Å². The van der Waals surface area contributed by atoms with E-state index in [1.807, 2.05) is 44.2 Å². The standard InChI is InChI=1S/C26H24FN3O2/c1-18-10-11-25(19(2)12-18)32-17-20-6-5-8-21(13-20)26(31)29-23-14-28-30(16-23)15-22-7-3-4-9-24(22)27/h3-14,16H,15,17H2,1-2H3,(H,29,31). The van der Waals surface area contributed by atoms with Crippen LogP contribution >= 0.6 is 0 Å². The van der Waals surface area contributed by atoms with Gasteiger partial charge in [0.2, 0.25) is 0 Å². The zero-order valence-corrected chi connectivity index (χ0v) is 18.0. The molecule has 0 aliphatic rings. The van der Waals surface area contributed by atoms with Crippen molar-refractivity contribution in [3.8, 4) is 5.75 Å². The molecular formula is C26H24FN3O2. The number of rotatable bonds is 7. The Morgan fingerprint density at radius 1 is 1.06 bits per heavy atom. The van der Waals surface area contributed by atoms with Crippen molar-refractivity contribution in [1.82, 2.24) is 9.78 Å². The quantitative estimate of drug-likeness (QED) is 0.421. The van der Waals surface area contributed by atoms with Gasteiger partial charge in [0.1, 0.15) is 18.2 Å². The third-order valence-corrected chi connectivity index (χ3v) is 5.10. The van der Waals surface area contributed by atoms with Gasteiger partial charge in [0.15, 0.2) is 0 Å². The maximum atomic E-state index is 13.8. The number of benzene rings is 3. The highest BCUT2D eigenvalue weighted by Gasteiger charge is 2.10. The van der Waals surface area contributed by atoms with Gasteiger partial charge in [-0.3, -0.25) is 9.48 Å². The van der Waals surface area contributed by atoms with Gasteiger partial charge >= 0.3 is 0 Å². The average molecular weight is 429 g/mol. The lowest BCUT2D eigenvalue weighted by Gasteiger charge is -2.11. The highest BCUT2D eigenvalue weighted by atomic mass is 19.1. The molecule has 4 aromatic rings. The molecule has 6 heteroatoms. The number of amides is 1. The van der Waals surface area contributed by atoms with Crippen LogP contribution in [0.3, 0.4) is 0 Å². The number of anilines is 1. The average Bonchev–Trinajstić information content (AvgIpc) is 3.21. The first-order chi connectivity index (χ1) is 15.5. The van der Waals surface area contributed by atoms with E-state index in [-0.39, 0.29) is 18.3 Å². The molecule has 4 rings (SSSR count). The van der Waals surface area contributed by atoms with E-state index in [0.717, 1.165) is 16.9 Å². The molecule has 32 heavy (non-hydrogen) atoms. The van der Waals surface area contributed by atoms with Gasteiger partial charge in [-0.05, 0) is 49.2 Å². The molecule has 0 bridgehead atoms. The van der Waals surface area contributed by atoms with Crippen LogP contribution in [0.15, 0.2) is 79.1 Å². The molecule has 0 radical (unpaired) electrons. The lowest BCUT2D eigenvalue weighted by Crippen LogP contribution is -2.12. The first kappa shape index (κ1) is 21.3. The number of aryl methyl sites for hydroxylation is 2. The summed E-state index contributed by atoms with van der Waals surface area (Å²) < 4.78 is 21.4. The smallest absolute Gasteiger partial charge is 0.255 e. The van der Waals surface area contributed by atoms with Crippen LogP contribution in [0, 0.1) is 19.7 Å². The van der Waals surface area contributed by atoms with Crippen LogP contribution in [-0.2, 0) is 13.2 Å². The van der Waals surface area contributed by atoms with E-state index in [0.29, 0.717) is 23.4 Å². The molecule has 162 valence electrons. The van der Waals surface area contributed by atoms with Gasteiger partial charge in [0, 0.05) is 17.3 Å². The Morgan fingerprint density at radius 3 is 2.72 bits per heavy atom. The second-order valence-corrected chi connectivity index (χ2v) is 7.73. The molecule has 0 saturated heterocycles. The highest BCUT2D eigenvalue weighted by Crippen LogP contribution is 2.20. The van der Waals surface area contributed by atoms with Crippen molar-refractivity contribution in [2.24, 2.45) is 0 Å². The van der Waals surface area contributed by atoms with E-state index in [1.165, 1.54) is 11.6 Å². The van der Waals surface area contributed by atoms with Crippen molar-refractivity contribution in [2.75, 3.05) is 5.32 Å². The number of carbonyl (C=O) groups is 1. The topological polar surface area (TPSA) is 56.1 Å². The zero-order chi connectivity index (χ0) is 22.5. The number of aromatic nitrogens is 2. The summed E-state index contributed by atoms with van der Waals surface area (Å²) in [6, 6.07) is 19.9. The zero-order valence-electron chi connectivity index (χ0n) is 18.0. The van der Waals surface area contributed by atoms with Crippen LogP contribution in [0.1, 0.15) is 32.6 Å². The number of hydrogen-bond donors (Lipinski definition) is 1. The molecule has 0 fully saturated rings. The summed E-state index contributed by atoms with van der Waals surface area (Å²) >= 11 is 0. The fraction of sp³-hybridized carbons (Fsp3) is 0.154. The lowest BCUT2D eigenvalue weighted by molar-refractivity contribution is 0.102. The second-order valence-electron chi connectivity index (χ2n) is 7.73. The van der Waals surface area contributed by atoms with E-state index in [4.69, 9.17) is 4.74 Å². The highest BCUT2D eigenvalue weighted by molar-refractivity contribution is 6.04. The number of carbonyl (C=O) groups excluding carboxylic acids is 1. The van der Waals surface area contributed by atoms with Crippen LogP contribution in [0.4, 0.5) is 10.1 Å². The first-order valence-electron chi connectivity index (χ1n) is 10.3. The van der Waals surface area contributed by atoms with Crippen LogP contribution in [0.5, 0.6) is 5.75 Å². The lowest BCUT2D eigenvalue weighted by atomic mass is 10.1. The number of ether oxygens (including phenoxy) is 1. The molecule has 1 amide bonds. The van der Waals surface area contributed by atoms with Crippen molar-refractivity contribution >= 4 is 11.6 Å². The Hall–Kier alpha value is -3.93. The second kappa shape index (κ2) is 9.47. The largest absolute Gasteiger partial charge is 0.489 e. The molecule has 5 nitrogen and oxygen atoms in total. The molecule has 0 saturated carbocycles. The Morgan fingerprint density at radius 2 is 1.91 bits per heavy atom. The molecule has 3 aromatic carbocycles. The predicted octanol–water partition coefficient (Wildman–Crippen LogP) is 5.52. The number of hydrogen-bond acceptors (Lipinski definition) is 3. The fourth-order valence-electron chi connectivity index (χ4n) is 3.44. The van der Waals surface area contributed by atoms with E-state index >= 15 is 0 Å². The molecule has 0 aliphatic carbocycles. The summed E-state index contributed by atoms with van der Waals surface area (Å²) in [5, 5.41) is 7.05. The molecule has 0 aliphatic heterocycles. The third-order valence-electron chi connectivity index (χ3n) is 5.10. The minimum atomic E-state index is -0.284. The van der Waals surface area contributed by atoms with Gasteiger partial charge in [0.05, 0.1) is 18.4 Å². The maximum absolute atomic E-state index is 13.8. The number of halogens is 1. The summed E-state index contributed by atoms with van der Waals surface area (Å²) in [5.74, 6) is 0.296. The number of nitrogens with one attached hydrogen (secondary N) is 1. The first-order valence-corrected chi connectivity index (χ1v) is 10.3. The SMILES string of the molecule is Cc1ccc(OCc2cccc(C(=O)Nc3cnn(Cc4ccccc4F)c3)c2)c(C)c1. The van der Waals surface area contributed by atoms with E-state index in [1.54, 1.807) is 41.3 Å². The van der Waals surface area contributed by atoms with Gasteiger partial charge in [-0.2, -0.15) is 5.10 Å². The van der Waals surface area contributed by atoms with Crippen molar-refractivity contribution < 1.29 is 13.9 Å². The summed E-state index contributed by atoms with van der Waals surface area (Å²) in [6.45, 7) is 4.71. The Balaban J connectivity index is 1.39. The molecule has 1 aromatic heterocycles. The van der Waals surface area contributed by atoms with E-state index < -0.39 is 0 Å². The molecule has 0 atom stereocenters. The van der Waals surface area contributed by atoms with Crippen molar-refractivity contribution in [2.45, 2.75) is 27.0 Å². The van der Waals surface area contributed by atoms with E-state index in [2.05, 4.69) is 16.5 Å². The summed E-state index contributed by atoms with van der Waals surface area (Å²) in [5.41, 5.74) is 4.76. The molecule has 0 unspecified atom stereocenters. The number of nitrogens with zero attached hydrogens (tertiary/aromatic N) is 2. The van der Waals surface area contributed by atoms with Gasteiger partial charge in [-0.15, -0.1) is 0 Å². The minimum Gasteiger partial charge on any atom is -0.489 e. The normalized spacial score (nSPS) is 10.7. The van der Waals surface area contributed by atoms with Crippen molar-refractivity contribution in [3.63, 3.8) is 0 Å². The maximum Gasteiger partial charge on any atom is 0.255 e. The van der Waals surface area contributed by atoms with Crippen LogP contribution in [0.2, 0.25) is 0 Å². The summed E-state index contributed by atoms with van der Waals surface area (Å²) in [7, 11) is 0. The minimum absolute atomic E-state index is 0.246. The monoisotopic (exact) mass is 429 g/mol. The summed E-state index contributed by atoms with van der Waals surface area (Å²) in [6.07, 6.45) is 3.23. The molecule has 0 spiro atoms. The van der Waals surface area contributed by atoms with Crippen molar-refractivity contribution in [3.05, 3.63) is 113 Å². The molecular weight excluding hydrogens is 405 g/mol. The van der Waals surface area contributed by atoms with Gasteiger partial charge in [0.25, 0.3) is 5.91 Å². The van der Waals surface area contributed by atoms with Crippen LogP contribution < -0.4 is 10.1 Å². The van der Waals surface area contributed by atoms with Crippen molar-refractivity contribution in [1.29, 1.82) is 0 Å². The Kier molecular flexibility index (Phi) is 6.31. The molecule has 1 N–H and O–H groups in total. The summed E-state index contributed by atoms with van der Waals surface area (Å²) in [4.78, 5) is 12.7. The Labute approximate surface area is 186 Å².